The summed E-state index contributed by atoms with van der Waals surface area (Å²) in [7, 11) is 0. The maximum absolute atomic E-state index is 11.8. The first-order valence-electron chi connectivity index (χ1n) is 5.55. The van der Waals surface area contributed by atoms with E-state index in [-0.39, 0.29) is 11.6 Å². The quantitative estimate of drug-likeness (QED) is 0.516. The molecule has 0 spiro atoms. The molecule has 0 saturated heterocycles. The predicted octanol–water partition coefficient (Wildman–Crippen LogP) is 2.66. The van der Waals surface area contributed by atoms with Crippen molar-refractivity contribution < 1.29 is 9.72 Å². The number of carbonyl (C=O) groups is 1. The molecule has 0 fully saturated rings. The van der Waals surface area contributed by atoms with E-state index >= 15 is 0 Å². The summed E-state index contributed by atoms with van der Waals surface area (Å²) in [6.07, 6.45) is 0. The van der Waals surface area contributed by atoms with E-state index in [1.807, 2.05) is 6.92 Å². The summed E-state index contributed by atoms with van der Waals surface area (Å²) in [5, 5.41) is 14.3. The van der Waals surface area contributed by atoms with Crippen LogP contribution in [0.5, 0.6) is 0 Å². The Morgan fingerprint density at radius 1 is 1.56 bits per heavy atom. The highest BCUT2D eigenvalue weighted by atomic mass is 79.9. The van der Waals surface area contributed by atoms with Crippen LogP contribution in [0.25, 0.3) is 0 Å². The predicted molar refractivity (Wildman–Crippen MR) is 73.1 cm³/mol. The maximum atomic E-state index is 11.8. The normalized spacial score (nSPS) is 11.9. The molecule has 18 heavy (non-hydrogen) atoms. The molecule has 1 amide bonds. The summed E-state index contributed by atoms with van der Waals surface area (Å²) in [4.78, 5) is 22.1. The van der Waals surface area contributed by atoms with Crippen molar-refractivity contribution in [2.24, 2.45) is 5.92 Å². The molecule has 1 aromatic carbocycles. The fraction of sp³-hybridized carbons (Fsp3) is 0.417. The summed E-state index contributed by atoms with van der Waals surface area (Å²) in [6, 6.07) is 4.49. The lowest BCUT2D eigenvalue weighted by atomic mass is 10.1. The van der Waals surface area contributed by atoms with Gasteiger partial charge in [-0.2, -0.15) is 0 Å². The Morgan fingerprint density at radius 3 is 2.78 bits per heavy atom. The zero-order valence-corrected chi connectivity index (χ0v) is 11.9. The number of rotatable bonds is 5. The number of carbonyl (C=O) groups excluding carboxylic acids is 1. The number of amides is 1. The van der Waals surface area contributed by atoms with Crippen LogP contribution in [0.15, 0.2) is 18.2 Å². The number of aryl methyl sites for hydroxylation is 1. The standard InChI is InChI=1S/C12H15BrN2O3/c1-8(6-13)7-14-12(16)10-4-3-9(2)11(5-10)15(17)18/h3-5,8H,6-7H2,1-2H3,(H,14,16). The number of halogens is 1. The van der Waals surface area contributed by atoms with Gasteiger partial charge in [-0.1, -0.05) is 28.9 Å². The van der Waals surface area contributed by atoms with E-state index < -0.39 is 4.92 Å². The van der Waals surface area contributed by atoms with E-state index in [4.69, 9.17) is 0 Å². The van der Waals surface area contributed by atoms with Crippen molar-refractivity contribution >= 4 is 27.5 Å². The molecular formula is C12H15BrN2O3. The van der Waals surface area contributed by atoms with Gasteiger partial charge in [-0.05, 0) is 18.9 Å². The highest BCUT2D eigenvalue weighted by molar-refractivity contribution is 9.09. The molecule has 1 atom stereocenters. The van der Waals surface area contributed by atoms with Gasteiger partial charge in [0.1, 0.15) is 0 Å². The highest BCUT2D eigenvalue weighted by Gasteiger charge is 2.15. The minimum Gasteiger partial charge on any atom is -0.352 e. The van der Waals surface area contributed by atoms with E-state index in [2.05, 4.69) is 21.2 Å². The Labute approximate surface area is 114 Å². The lowest BCUT2D eigenvalue weighted by molar-refractivity contribution is -0.385. The molecule has 5 nitrogen and oxygen atoms in total. The third-order valence-electron chi connectivity index (χ3n) is 2.54. The highest BCUT2D eigenvalue weighted by Crippen LogP contribution is 2.19. The number of nitro benzene ring substituents is 1. The molecule has 0 radical (unpaired) electrons. The second-order valence-corrected chi connectivity index (χ2v) is 4.88. The Bertz CT molecular complexity index is 463. The van der Waals surface area contributed by atoms with Gasteiger partial charge in [-0.3, -0.25) is 14.9 Å². The first-order valence-corrected chi connectivity index (χ1v) is 6.67. The van der Waals surface area contributed by atoms with Gasteiger partial charge in [0, 0.05) is 29.1 Å². The molecule has 0 aromatic heterocycles. The van der Waals surface area contributed by atoms with E-state index in [0.717, 1.165) is 5.33 Å². The van der Waals surface area contributed by atoms with Crippen molar-refractivity contribution in [2.45, 2.75) is 13.8 Å². The number of nitro groups is 1. The zero-order valence-electron chi connectivity index (χ0n) is 10.3. The van der Waals surface area contributed by atoms with Crippen LogP contribution < -0.4 is 5.32 Å². The van der Waals surface area contributed by atoms with Gasteiger partial charge in [-0.15, -0.1) is 0 Å². The molecule has 0 bridgehead atoms. The number of nitrogens with zero attached hydrogens (tertiary/aromatic N) is 1. The van der Waals surface area contributed by atoms with Gasteiger partial charge in [0.05, 0.1) is 4.92 Å². The van der Waals surface area contributed by atoms with Crippen LogP contribution in [0.1, 0.15) is 22.8 Å². The molecular weight excluding hydrogens is 300 g/mol. The molecule has 1 unspecified atom stereocenters. The van der Waals surface area contributed by atoms with Crippen molar-refractivity contribution in [1.82, 2.24) is 5.32 Å². The summed E-state index contributed by atoms with van der Waals surface area (Å²) in [6.45, 7) is 4.17. The number of alkyl halides is 1. The Balaban J connectivity index is 2.80. The van der Waals surface area contributed by atoms with Gasteiger partial charge in [0.25, 0.3) is 11.6 Å². The molecule has 0 aliphatic rings. The van der Waals surface area contributed by atoms with Crippen LogP contribution in [0, 0.1) is 23.0 Å². The van der Waals surface area contributed by atoms with E-state index in [1.165, 1.54) is 6.07 Å². The van der Waals surface area contributed by atoms with Crippen LogP contribution in [-0.4, -0.2) is 22.7 Å². The topological polar surface area (TPSA) is 72.2 Å². The molecule has 1 aromatic rings. The fourth-order valence-corrected chi connectivity index (χ4v) is 1.60. The summed E-state index contributed by atoms with van der Waals surface area (Å²) in [5.74, 6) is 0.0280. The van der Waals surface area contributed by atoms with E-state index in [0.29, 0.717) is 23.6 Å². The number of hydrogen-bond donors (Lipinski definition) is 1. The molecule has 98 valence electrons. The summed E-state index contributed by atoms with van der Waals surface area (Å²) in [5.41, 5.74) is 0.829. The first kappa shape index (κ1) is 14.6. The number of benzene rings is 1. The van der Waals surface area contributed by atoms with Crippen molar-refractivity contribution in [1.29, 1.82) is 0 Å². The van der Waals surface area contributed by atoms with Gasteiger partial charge in [-0.25, -0.2) is 0 Å². The van der Waals surface area contributed by atoms with Crippen LogP contribution in [0.4, 0.5) is 5.69 Å². The second kappa shape index (κ2) is 6.49. The van der Waals surface area contributed by atoms with Crippen LogP contribution in [-0.2, 0) is 0 Å². The van der Waals surface area contributed by atoms with Crippen molar-refractivity contribution in [3.8, 4) is 0 Å². The minimum atomic E-state index is -0.479. The molecule has 6 heteroatoms. The first-order chi connectivity index (χ1) is 8.45. The molecule has 1 N–H and O–H groups in total. The summed E-state index contributed by atoms with van der Waals surface area (Å²) < 4.78 is 0. The second-order valence-electron chi connectivity index (χ2n) is 4.23. The Hall–Kier alpha value is -1.43. The van der Waals surface area contributed by atoms with Crippen molar-refractivity contribution in [2.75, 3.05) is 11.9 Å². The lowest BCUT2D eigenvalue weighted by Crippen LogP contribution is -2.28. The molecule has 0 heterocycles. The summed E-state index contributed by atoms with van der Waals surface area (Å²) >= 11 is 3.32. The average Bonchev–Trinajstić information content (AvgIpc) is 2.35. The van der Waals surface area contributed by atoms with Gasteiger partial charge in [0.15, 0.2) is 0 Å². The third-order valence-corrected chi connectivity index (χ3v) is 3.65. The monoisotopic (exact) mass is 314 g/mol. The number of hydrogen-bond acceptors (Lipinski definition) is 3. The fourth-order valence-electron chi connectivity index (χ4n) is 1.37. The third kappa shape index (κ3) is 3.80. The van der Waals surface area contributed by atoms with Gasteiger partial charge >= 0.3 is 0 Å². The van der Waals surface area contributed by atoms with Crippen LogP contribution >= 0.6 is 15.9 Å². The zero-order chi connectivity index (χ0) is 13.7. The minimum absolute atomic E-state index is 0.0313. The Morgan fingerprint density at radius 2 is 2.22 bits per heavy atom. The van der Waals surface area contributed by atoms with Gasteiger partial charge in [0.2, 0.25) is 0 Å². The van der Waals surface area contributed by atoms with Crippen molar-refractivity contribution in [3.63, 3.8) is 0 Å². The van der Waals surface area contributed by atoms with E-state index in [1.54, 1.807) is 19.1 Å². The van der Waals surface area contributed by atoms with Gasteiger partial charge < -0.3 is 5.32 Å². The van der Waals surface area contributed by atoms with Crippen LogP contribution in [0.3, 0.4) is 0 Å². The molecule has 0 aliphatic carbocycles. The van der Waals surface area contributed by atoms with Crippen LogP contribution in [0.2, 0.25) is 0 Å². The lowest BCUT2D eigenvalue weighted by Gasteiger charge is -2.09. The Kier molecular flexibility index (Phi) is 5.27. The largest absolute Gasteiger partial charge is 0.352 e. The van der Waals surface area contributed by atoms with E-state index in [9.17, 15) is 14.9 Å². The average molecular weight is 315 g/mol. The molecule has 1 rings (SSSR count). The molecule has 0 aliphatic heterocycles. The molecule has 0 saturated carbocycles. The maximum Gasteiger partial charge on any atom is 0.273 e. The SMILES string of the molecule is Cc1ccc(C(=O)NCC(C)CBr)cc1[N+](=O)[O-]. The number of nitrogens with one attached hydrogen (secondary N) is 1. The smallest absolute Gasteiger partial charge is 0.273 e. The van der Waals surface area contributed by atoms with Crippen molar-refractivity contribution in [3.05, 3.63) is 39.4 Å².